The maximum Gasteiger partial charge on any atom is 0.319 e. The smallest absolute Gasteiger partial charge is 0.319 e. The van der Waals surface area contributed by atoms with Crippen LogP contribution < -0.4 is 10.6 Å². The van der Waals surface area contributed by atoms with Gasteiger partial charge in [0, 0.05) is 44.8 Å². The maximum atomic E-state index is 13.1. The van der Waals surface area contributed by atoms with E-state index in [0.29, 0.717) is 38.3 Å². The number of benzene rings is 2. The van der Waals surface area contributed by atoms with Gasteiger partial charge in [0.25, 0.3) is 0 Å². The summed E-state index contributed by atoms with van der Waals surface area (Å²) in [6.07, 6.45) is 0.435. The van der Waals surface area contributed by atoms with Crippen LogP contribution in [0.25, 0.3) is 11.1 Å². The molecule has 0 unspecified atom stereocenters. The molecule has 1 fully saturated rings. The number of halogens is 1. The number of hydrogen-bond acceptors (Lipinski definition) is 3. The van der Waals surface area contributed by atoms with Crippen LogP contribution in [0, 0.1) is 11.7 Å². The number of nitrogens with zero attached hydrogens (tertiary/aromatic N) is 1. The van der Waals surface area contributed by atoms with E-state index in [-0.39, 0.29) is 23.7 Å². The first-order valence-electron chi connectivity index (χ1n) is 9.22. The highest BCUT2D eigenvalue weighted by Gasteiger charge is 2.29. The Bertz CT molecular complexity index is 826. The van der Waals surface area contributed by atoms with Gasteiger partial charge in [-0.1, -0.05) is 24.3 Å². The molecule has 0 aromatic heterocycles. The molecule has 1 aliphatic rings. The summed E-state index contributed by atoms with van der Waals surface area (Å²) in [5, 5.41) is 5.63. The minimum absolute atomic E-state index is 0.0938. The minimum Gasteiger partial charge on any atom is -0.383 e. The molecule has 0 spiro atoms. The number of likely N-dealkylation sites (tertiary alicyclic amines) is 1. The second-order valence-corrected chi connectivity index (χ2v) is 6.83. The van der Waals surface area contributed by atoms with Gasteiger partial charge in [0.2, 0.25) is 5.91 Å². The van der Waals surface area contributed by atoms with Crippen molar-refractivity contribution in [3.8, 4) is 11.1 Å². The van der Waals surface area contributed by atoms with Gasteiger partial charge in [-0.25, -0.2) is 9.18 Å². The molecule has 2 aromatic carbocycles. The van der Waals surface area contributed by atoms with Crippen LogP contribution in [0.3, 0.4) is 0 Å². The van der Waals surface area contributed by atoms with E-state index in [0.717, 1.165) is 11.1 Å². The van der Waals surface area contributed by atoms with Gasteiger partial charge in [-0.3, -0.25) is 4.79 Å². The molecular weight excluding hydrogens is 361 g/mol. The summed E-state index contributed by atoms with van der Waals surface area (Å²) in [7, 11) is 1.61. The number of carbonyl (C=O) groups excluding carboxylic acids is 2. The summed E-state index contributed by atoms with van der Waals surface area (Å²) in [4.78, 5) is 25.9. The predicted molar refractivity (Wildman–Crippen MR) is 105 cm³/mol. The Balaban J connectivity index is 1.51. The highest BCUT2D eigenvalue weighted by Crippen LogP contribution is 2.23. The summed E-state index contributed by atoms with van der Waals surface area (Å²) in [6.45, 7) is 2.15. The Morgan fingerprint density at radius 2 is 2.00 bits per heavy atom. The third kappa shape index (κ3) is 5.29. The fourth-order valence-corrected chi connectivity index (χ4v) is 3.24. The van der Waals surface area contributed by atoms with Crippen molar-refractivity contribution in [1.82, 2.24) is 10.2 Å². The topological polar surface area (TPSA) is 70.7 Å². The average molecular weight is 385 g/mol. The van der Waals surface area contributed by atoms with Crippen LogP contribution in [0.5, 0.6) is 0 Å². The second kappa shape index (κ2) is 9.32. The van der Waals surface area contributed by atoms with Crippen molar-refractivity contribution in [3.05, 3.63) is 54.3 Å². The molecule has 0 bridgehead atoms. The van der Waals surface area contributed by atoms with Gasteiger partial charge in [-0.05, 0) is 35.4 Å². The number of amides is 3. The lowest BCUT2D eigenvalue weighted by Gasteiger charge is -2.16. The highest BCUT2D eigenvalue weighted by molar-refractivity contribution is 5.90. The lowest BCUT2D eigenvalue weighted by atomic mass is 10.1. The van der Waals surface area contributed by atoms with Crippen LogP contribution >= 0.6 is 0 Å². The Morgan fingerprint density at radius 3 is 2.75 bits per heavy atom. The van der Waals surface area contributed by atoms with Crippen LogP contribution in [0.15, 0.2) is 48.5 Å². The third-order valence-electron chi connectivity index (χ3n) is 4.71. The molecule has 0 aliphatic carbocycles. The molecule has 7 heteroatoms. The first-order chi connectivity index (χ1) is 13.5. The zero-order chi connectivity index (χ0) is 19.9. The lowest BCUT2D eigenvalue weighted by molar-refractivity contribution is -0.128. The molecule has 1 atom stereocenters. The van der Waals surface area contributed by atoms with Crippen LogP contribution in [0.4, 0.5) is 14.9 Å². The summed E-state index contributed by atoms with van der Waals surface area (Å²) >= 11 is 0. The molecule has 148 valence electrons. The largest absolute Gasteiger partial charge is 0.383 e. The predicted octanol–water partition coefficient (Wildman–Crippen LogP) is 3.11. The Hall–Kier alpha value is -2.93. The molecule has 1 aliphatic heterocycles. The van der Waals surface area contributed by atoms with E-state index < -0.39 is 0 Å². The zero-order valence-corrected chi connectivity index (χ0v) is 15.8. The van der Waals surface area contributed by atoms with Gasteiger partial charge in [-0.2, -0.15) is 0 Å². The molecule has 2 aromatic rings. The van der Waals surface area contributed by atoms with Crippen LogP contribution in [-0.2, 0) is 9.53 Å². The quantitative estimate of drug-likeness (QED) is 0.769. The Labute approximate surface area is 163 Å². The monoisotopic (exact) mass is 385 g/mol. The van der Waals surface area contributed by atoms with E-state index in [9.17, 15) is 14.0 Å². The number of urea groups is 1. The summed E-state index contributed by atoms with van der Waals surface area (Å²) in [5.41, 5.74) is 2.39. The van der Waals surface area contributed by atoms with Crippen molar-refractivity contribution < 1.29 is 18.7 Å². The van der Waals surface area contributed by atoms with Crippen molar-refractivity contribution in [2.24, 2.45) is 5.92 Å². The van der Waals surface area contributed by atoms with Gasteiger partial charge in [0.15, 0.2) is 0 Å². The van der Waals surface area contributed by atoms with Crippen LogP contribution in [0.1, 0.15) is 6.42 Å². The minimum atomic E-state index is -0.320. The molecule has 6 nitrogen and oxygen atoms in total. The van der Waals surface area contributed by atoms with E-state index in [1.54, 1.807) is 30.2 Å². The molecule has 3 rings (SSSR count). The molecule has 1 heterocycles. The molecule has 0 radical (unpaired) electrons. The van der Waals surface area contributed by atoms with Gasteiger partial charge in [0.1, 0.15) is 5.82 Å². The molecule has 2 N–H and O–H groups in total. The van der Waals surface area contributed by atoms with Crippen molar-refractivity contribution >= 4 is 17.6 Å². The van der Waals surface area contributed by atoms with Crippen molar-refractivity contribution in [2.45, 2.75) is 6.42 Å². The number of hydrogen-bond donors (Lipinski definition) is 2. The average Bonchev–Trinajstić information content (AvgIpc) is 3.05. The van der Waals surface area contributed by atoms with Crippen molar-refractivity contribution in [3.63, 3.8) is 0 Å². The lowest BCUT2D eigenvalue weighted by Crippen LogP contribution is -2.34. The molecule has 0 saturated carbocycles. The maximum absolute atomic E-state index is 13.1. The Morgan fingerprint density at radius 1 is 1.21 bits per heavy atom. The molecule has 3 amide bonds. The van der Waals surface area contributed by atoms with E-state index in [1.807, 2.05) is 18.2 Å². The zero-order valence-electron chi connectivity index (χ0n) is 15.8. The SMILES string of the molecule is COCCN1C[C@H](CNC(=O)Nc2cccc(-c3ccc(F)cc3)c2)CC1=O. The number of carbonyl (C=O) groups is 2. The fraction of sp³-hybridized carbons (Fsp3) is 0.333. The highest BCUT2D eigenvalue weighted by atomic mass is 19.1. The standard InChI is InChI=1S/C21H24FN3O3/c1-28-10-9-25-14-15(11-20(25)26)13-23-21(27)24-19-4-2-3-17(12-19)16-5-7-18(22)8-6-16/h2-8,12,15H,9-11,13-14H2,1H3,(H2,23,24,27)/t15-/m0/s1. The van der Waals surface area contributed by atoms with Gasteiger partial charge >= 0.3 is 6.03 Å². The van der Waals surface area contributed by atoms with E-state index >= 15 is 0 Å². The van der Waals surface area contributed by atoms with Crippen LogP contribution in [-0.4, -0.2) is 50.2 Å². The van der Waals surface area contributed by atoms with Crippen LogP contribution in [0.2, 0.25) is 0 Å². The first-order valence-corrected chi connectivity index (χ1v) is 9.22. The number of rotatable bonds is 7. The van der Waals surface area contributed by atoms with E-state index in [2.05, 4.69) is 10.6 Å². The van der Waals surface area contributed by atoms with Crippen molar-refractivity contribution in [2.75, 3.05) is 38.7 Å². The number of anilines is 1. The molecule has 28 heavy (non-hydrogen) atoms. The summed E-state index contributed by atoms with van der Waals surface area (Å²) in [5.74, 6) is -0.0968. The fourth-order valence-electron chi connectivity index (χ4n) is 3.24. The van der Waals surface area contributed by atoms with Gasteiger partial charge in [0.05, 0.1) is 6.61 Å². The normalized spacial score (nSPS) is 16.3. The molecule has 1 saturated heterocycles. The number of ether oxygens (including phenoxy) is 1. The Kier molecular flexibility index (Phi) is 6.60. The number of methoxy groups -OCH3 is 1. The van der Waals surface area contributed by atoms with E-state index in [1.165, 1.54) is 12.1 Å². The summed E-state index contributed by atoms with van der Waals surface area (Å²) in [6, 6.07) is 13.2. The van der Waals surface area contributed by atoms with Gasteiger partial charge in [-0.15, -0.1) is 0 Å². The first kappa shape index (κ1) is 19.8. The molecular formula is C21H24FN3O3. The van der Waals surface area contributed by atoms with E-state index in [4.69, 9.17) is 4.74 Å². The number of nitrogens with one attached hydrogen (secondary N) is 2. The second-order valence-electron chi connectivity index (χ2n) is 6.83. The van der Waals surface area contributed by atoms with Gasteiger partial charge < -0.3 is 20.3 Å². The van der Waals surface area contributed by atoms with Crippen molar-refractivity contribution in [1.29, 1.82) is 0 Å². The summed E-state index contributed by atoms with van der Waals surface area (Å²) < 4.78 is 18.1. The third-order valence-corrected chi connectivity index (χ3v) is 4.71.